The molecular formula is C20H24N4O8. The average molecular weight is 448 g/mol. The lowest BCUT2D eigenvalue weighted by molar-refractivity contribution is -0.147. The van der Waals surface area contributed by atoms with Crippen LogP contribution >= 0.6 is 0 Å². The van der Waals surface area contributed by atoms with Gasteiger partial charge < -0.3 is 36.7 Å². The zero-order valence-corrected chi connectivity index (χ0v) is 16.9. The number of aromatic nitrogens is 1. The molecule has 1 heterocycles. The van der Waals surface area contributed by atoms with E-state index >= 15 is 0 Å². The zero-order valence-electron chi connectivity index (χ0n) is 16.9. The minimum atomic E-state index is -1.71. The Labute approximate surface area is 181 Å². The number of nitrogens with one attached hydrogen (secondary N) is 3. The van der Waals surface area contributed by atoms with E-state index in [1.807, 2.05) is 6.07 Å². The highest BCUT2D eigenvalue weighted by Crippen LogP contribution is 2.19. The molecule has 0 aliphatic carbocycles. The summed E-state index contributed by atoms with van der Waals surface area (Å²) in [6, 6.07) is 2.99. The van der Waals surface area contributed by atoms with Crippen LogP contribution in [0.3, 0.4) is 0 Å². The molecule has 2 amide bonds. The van der Waals surface area contributed by atoms with Gasteiger partial charge in [-0.1, -0.05) is 18.2 Å². The summed E-state index contributed by atoms with van der Waals surface area (Å²) in [5.41, 5.74) is 7.13. The lowest BCUT2D eigenvalue weighted by Crippen LogP contribution is -2.55. The number of benzene rings is 1. The fourth-order valence-corrected chi connectivity index (χ4v) is 3.07. The number of carboxylic acid groups (broad SMARTS) is 3. The molecule has 2 rings (SSSR count). The first-order valence-corrected chi connectivity index (χ1v) is 9.66. The van der Waals surface area contributed by atoms with Crippen LogP contribution in [0.15, 0.2) is 30.5 Å². The summed E-state index contributed by atoms with van der Waals surface area (Å²) in [6.07, 6.45) is 0.208. The topological polar surface area (TPSA) is 212 Å². The Balaban J connectivity index is 2.23. The number of aliphatic carboxylic acids is 3. The number of hydrogen-bond donors (Lipinski definition) is 7. The molecule has 0 saturated carbocycles. The maximum absolute atomic E-state index is 12.8. The zero-order chi connectivity index (χ0) is 23.8. The van der Waals surface area contributed by atoms with Gasteiger partial charge in [0.1, 0.15) is 12.1 Å². The number of nitrogens with two attached hydrogens (primary N) is 1. The second-order valence-electron chi connectivity index (χ2n) is 7.16. The van der Waals surface area contributed by atoms with E-state index in [-0.39, 0.29) is 19.3 Å². The number of aromatic amines is 1. The van der Waals surface area contributed by atoms with Gasteiger partial charge in [0.2, 0.25) is 11.8 Å². The van der Waals surface area contributed by atoms with Gasteiger partial charge in [-0.05, 0) is 18.1 Å². The van der Waals surface area contributed by atoms with E-state index in [2.05, 4.69) is 15.6 Å². The van der Waals surface area contributed by atoms with Crippen molar-refractivity contribution in [1.82, 2.24) is 15.6 Å². The van der Waals surface area contributed by atoms with Gasteiger partial charge in [-0.25, -0.2) is 4.79 Å². The molecule has 12 nitrogen and oxygen atoms in total. The number of carboxylic acids is 3. The molecule has 32 heavy (non-hydrogen) atoms. The van der Waals surface area contributed by atoms with Crippen molar-refractivity contribution in [3.05, 3.63) is 36.0 Å². The standard InChI is InChI=1S/C20H24N4O8/c21-12(5-6-16(25)26)18(29)23-14(19(30)24-15(20(31)32)8-17(27)28)7-10-9-22-13-4-2-1-3-11(10)13/h1-4,9,12,14-15,22H,5-8,21H2,(H,23,29)(H,24,30)(H,25,26)(H,27,28)(H,31,32)/t12-,14-,15-/m0/s1. The Morgan fingerprint density at radius 1 is 0.938 bits per heavy atom. The first-order valence-electron chi connectivity index (χ1n) is 9.66. The van der Waals surface area contributed by atoms with Gasteiger partial charge in [-0.3, -0.25) is 19.2 Å². The van der Waals surface area contributed by atoms with Crippen LogP contribution in [-0.4, -0.2) is 68.2 Å². The summed E-state index contributed by atoms with van der Waals surface area (Å²) in [5.74, 6) is -5.82. The Kier molecular flexibility index (Phi) is 8.30. The molecule has 0 bridgehead atoms. The molecule has 0 radical (unpaired) electrons. The van der Waals surface area contributed by atoms with Crippen molar-refractivity contribution in [3.63, 3.8) is 0 Å². The second-order valence-corrected chi connectivity index (χ2v) is 7.16. The largest absolute Gasteiger partial charge is 0.481 e. The maximum atomic E-state index is 12.8. The predicted molar refractivity (Wildman–Crippen MR) is 111 cm³/mol. The van der Waals surface area contributed by atoms with E-state index in [0.717, 1.165) is 10.9 Å². The molecule has 0 aliphatic heterocycles. The number of rotatable bonds is 12. The van der Waals surface area contributed by atoms with Gasteiger partial charge >= 0.3 is 17.9 Å². The summed E-state index contributed by atoms with van der Waals surface area (Å²) in [5, 5.41) is 32.1. The Morgan fingerprint density at radius 3 is 2.22 bits per heavy atom. The number of hydrogen-bond acceptors (Lipinski definition) is 6. The third kappa shape index (κ3) is 6.80. The molecule has 12 heteroatoms. The van der Waals surface area contributed by atoms with Crippen LogP contribution in [0.25, 0.3) is 10.9 Å². The molecule has 0 fully saturated rings. The first kappa shape index (κ1) is 24.3. The number of fused-ring (bicyclic) bond motifs is 1. The van der Waals surface area contributed by atoms with Gasteiger partial charge in [-0.2, -0.15) is 0 Å². The molecule has 3 atom stereocenters. The van der Waals surface area contributed by atoms with Crippen LogP contribution < -0.4 is 16.4 Å². The van der Waals surface area contributed by atoms with Crippen molar-refractivity contribution in [2.24, 2.45) is 5.73 Å². The molecule has 0 spiro atoms. The predicted octanol–water partition coefficient (Wildman–Crippen LogP) is -0.569. The average Bonchev–Trinajstić information content (AvgIpc) is 3.13. The van der Waals surface area contributed by atoms with E-state index in [0.29, 0.717) is 5.56 Å². The van der Waals surface area contributed by atoms with E-state index < -0.39 is 54.3 Å². The van der Waals surface area contributed by atoms with Crippen molar-refractivity contribution in [2.75, 3.05) is 0 Å². The monoisotopic (exact) mass is 448 g/mol. The van der Waals surface area contributed by atoms with Crippen LogP contribution in [0.2, 0.25) is 0 Å². The molecule has 2 aromatic rings. The van der Waals surface area contributed by atoms with Gasteiger partial charge in [0, 0.05) is 29.9 Å². The highest BCUT2D eigenvalue weighted by molar-refractivity contribution is 5.93. The fourth-order valence-electron chi connectivity index (χ4n) is 3.07. The molecule has 0 saturated heterocycles. The smallest absolute Gasteiger partial charge is 0.326 e. The third-order valence-corrected chi connectivity index (χ3v) is 4.73. The second kappa shape index (κ2) is 10.9. The first-order chi connectivity index (χ1) is 15.1. The normalized spacial score (nSPS) is 13.7. The van der Waals surface area contributed by atoms with E-state index in [9.17, 15) is 29.1 Å². The van der Waals surface area contributed by atoms with Crippen molar-refractivity contribution in [1.29, 1.82) is 0 Å². The van der Waals surface area contributed by atoms with Crippen LogP contribution in [0, 0.1) is 0 Å². The minimum absolute atomic E-state index is 0.0490. The Bertz CT molecular complexity index is 1020. The van der Waals surface area contributed by atoms with Gasteiger partial charge in [0.15, 0.2) is 0 Å². The molecule has 8 N–H and O–H groups in total. The molecule has 0 unspecified atom stereocenters. The molecule has 0 aliphatic rings. The van der Waals surface area contributed by atoms with E-state index in [1.54, 1.807) is 24.4 Å². The van der Waals surface area contributed by atoms with Gasteiger partial charge in [0.25, 0.3) is 0 Å². The highest BCUT2D eigenvalue weighted by Gasteiger charge is 2.30. The molecule has 1 aromatic carbocycles. The van der Waals surface area contributed by atoms with Crippen molar-refractivity contribution >= 4 is 40.6 Å². The third-order valence-electron chi connectivity index (χ3n) is 4.73. The quantitative estimate of drug-likeness (QED) is 0.221. The van der Waals surface area contributed by atoms with Gasteiger partial charge in [0.05, 0.1) is 12.5 Å². The lowest BCUT2D eigenvalue weighted by atomic mass is 10.0. The SMILES string of the molecule is N[C@@H](CCC(=O)O)C(=O)N[C@@H](Cc1c[nH]c2ccccc12)C(=O)N[C@@H](CC(=O)O)C(=O)O. The fraction of sp³-hybridized carbons (Fsp3) is 0.350. The Morgan fingerprint density at radius 2 is 1.59 bits per heavy atom. The van der Waals surface area contributed by atoms with Crippen LogP contribution in [0.1, 0.15) is 24.8 Å². The molecular weight excluding hydrogens is 424 g/mol. The van der Waals surface area contributed by atoms with Crippen LogP contribution in [0.5, 0.6) is 0 Å². The Hall–Kier alpha value is -3.93. The number of para-hydroxylation sites is 1. The summed E-state index contributed by atoms with van der Waals surface area (Å²) in [6.45, 7) is 0. The number of H-pyrrole nitrogens is 1. The summed E-state index contributed by atoms with van der Waals surface area (Å²) >= 11 is 0. The van der Waals surface area contributed by atoms with Crippen LogP contribution in [-0.2, 0) is 30.4 Å². The van der Waals surface area contributed by atoms with Crippen molar-refractivity contribution < 1.29 is 39.3 Å². The van der Waals surface area contributed by atoms with E-state index in [1.165, 1.54) is 0 Å². The van der Waals surface area contributed by atoms with Crippen LogP contribution in [0.4, 0.5) is 0 Å². The molecule has 172 valence electrons. The summed E-state index contributed by atoms with van der Waals surface area (Å²) in [4.78, 5) is 61.2. The summed E-state index contributed by atoms with van der Waals surface area (Å²) < 4.78 is 0. The number of amides is 2. The number of carbonyl (C=O) groups is 5. The van der Waals surface area contributed by atoms with Crippen molar-refractivity contribution in [3.8, 4) is 0 Å². The van der Waals surface area contributed by atoms with E-state index in [4.69, 9.17) is 15.9 Å². The minimum Gasteiger partial charge on any atom is -0.481 e. The van der Waals surface area contributed by atoms with Gasteiger partial charge in [-0.15, -0.1) is 0 Å². The van der Waals surface area contributed by atoms with Crippen molar-refractivity contribution in [2.45, 2.75) is 43.8 Å². The lowest BCUT2D eigenvalue weighted by Gasteiger charge is -2.22. The summed E-state index contributed by atoms with van der Waals surface area (Å²) in [7, 11) is 0. The molecule has 1 aromatic heterocycles. The highest BCUT2D eigenvalue weighted by atomic mass is 16.4. The number of carbonyl (C=O) groups excluding carboxylic acids is 2. The maximum Gasteiger partial charge on any atom is 0.326 e.